The number of carbonyl (C=O) groups is 2. The van der Waals surface area contributed by atoms with Gasteiger partial charge < -0.3 is 15.0 Å². The average molecular weight is 413 g/mol. The summed E-state index contributed by atoms with van der Waals surface area (Å²) in [6.07, 6.45) is 0.815. The number of nitrogens with one attached hydrogen (secondary N) is 1. The molecule has 30 heavy (non-hydrogen) atoms. The van der Waals surface area contributed by atoms with Crippen molar-refractivity contribution in [2.45, 2.75) is 25.4 Å². The molecule has 2 aromatic carbocycles. The Morgan fingerprint density at radius 3 is 2.73 bits per heavy atom. The summed E-state index contributed by atoms with van der Waals surface area (Å²) in [7, 11) is 3.23. The molecule has 1 aliphatic rings. The fourth-order valence-electron chi connectivity index (χ4n) is 3.56. The van der Waals surface area contributed by atoms with E-state index in [9.17, 15) is 14.0 Å². The zero-order valence-corrected chi connectivity index (χ0v) is 17.4. The van der Waals surface area contributed by atoms with E-state index >= 15 is 0 Å². The lowest BCUT2D eigenvalue weighted by atomic mass is 10.1. The minimum atomic E-state index is -0.619. The molecule has 1 aliphatic heterocycles. The summed E-state index contributed by atoms with van der Waals surface area (Å²) in [6, 6.07) is 14.0. The van der Waals surface area contributed by atoms with Gasteiger partial charge in [-0.2, -0.15) is 0 Å². The number of likely N-dealkylation sites (N-methyl/N-ethyl adjacent to an activating group) is 1. The van der Waals surface area contributed by atoms with Gasteiger partial charge in [0.2, 0.25) is 11.8 Å². The highest BCUT2D eigenvalue weighted by molar-refractivity contribution is 5.88. The smallest absolute Gasteiger partial charge is 0.237 e. The van der Waals surface area contributed by atoms with Gasteiger partial charge in [-0.05, 0) is 18.1 Å². The van der Waals surface area contributed by atoms with Gasteiger partial charge in [0, 0.05) is 44.9 Å². The fourth-order valence-corrected chi connectivity index (χ4v) is 3.56. The van der Waals surface area contributed by atoms with E-state index in [4.69, 9.17) is 4.74 Å². The quantitative estimate of drug-likeness (QED) is 0.721. The topological polar surface area (TPSA) is 61.9 Å². The second-order valence-electron chi connectivity index (χ2n) is 7.49. The van der Waals surface area contributed by atoms with Crippen molar-refractivity contribution in [2.75, 3.05) is 33.8 Å². The third kappa shape index (κ3) is 5.57. The molecule has 0 bridgehead atoms. The average Bonchev–Trinajstić information content (AvgIpc) is 2.76. The molecule has 160 valence electrons. The van der Waals surface area contributed by atoms with Gasteiger partial charge in [0.05, 0.1) is 19.6 Å². The highest BCUT2D eigenvalue weighted by Gasteiger charge is 2.32. The number of piperazine rings is 1. The zero-order valence-electron chi connectivity index (χ0n) is 17.4. The maximum absolute atomic E-state index is 14.4. The molecule has 2 aromatic rings. The maximum Gasteiger partial charge on any atom is 0.237 e. The monoisotopic (exact) mass is 413 g/mol. The van der Waals surface area contributed by atoms with Crippen LogP contribution in [0.4, 0.5) is 4.39 Å². The molecule has 1 saturated heterocycles. The maximum atomic E-state index is 14.4. The molecule has 1 fully saturated rings. The Labute approximate surface area is 176 Å². The lowest BCUT2D eigenvalue weighted by Crippen LogP contribution is -2.56. The van der Waals surface area contributed by atoms with Crippen LogP contribution in [0.25, 0.3) is 0 Å². The van der Waals surface area contributed by atoms with Crippen LogP contribution < -0.4 is 10.1 Å². The number of amides is 2. The van der Waals surface area contributed by atoms with Crippen LogP contribution in [0.2, 0.25) is 0 Å². The van der Waals surface area contributed by atoms with Gasteiger partial charge in [-0.25, -0.2) is 4.39 Å². The van der Waals surface area contributed by atoms with Crippen LogP contribution in [-0.4, -0.2) is 61.4 Å². The third-order valence-corrected chi connectivity index (χ3v) is 5.45. The van der Waals surface area contributed by atoms with Gasteiger partial charge in [0.25, 0.3) is 0 Å². The van der Waals surface area contributed by atoms with E-state index in [-0.39, 0.29) is 30.6 Å². The summed E-state index contributed by atoms with van der Waals surface area (Å²) in [6.45, 7) is 1.87. The first kappa shape index (κ1) is 21.8. The Kier molecular flexibility index (Phi) is 7.41. The van der Waals surface area contributed by atoms with Crippen LogP contribution in [0.15, 0.2) is 48.5 Å². The minimum absolute atomic E-state index is 0.0644. The van der Waals surface area contributed by atoms with Gasteiger partial charge in [0.15, 0.2) is 0 Å². The molecule has 6 nitrogen and oxygen atoms in total. The van der Waals surface area contributed by atoms with E-state index in [1.54, 1.807) is 24.1 Å². The molecule has 1 N–H and O–H groups in total. The van der Waals surface area contributed by atoms with Crippen LogP contribution >= 0.6 is 0 Å². The molecule has 3 rings (SSSR count). The minimum Gasteiger partial charge on any atom is -0.497 e. The van der Waals surface area contributed by atoms with Crippen molar-refractivity contribution in [3.8, 4) is 5.75 Å². The lowest BCUT2D eigenvalue weighted by Gasteiger charge is -2.35. The number of halogens is 1. The number of hydrogen-bond donors (Lipinski definition) is 1. The Hall–Kier alpha value is -2.93. The molecular formula is C23H28FN3O3. The molecule has 0 aliphatic carbocycles. The van der Waals surface area contributed by atoms with Gasteiger partial charge in [-0.1, -0.05) is 36.4 Å². The van der Waals surface area contributed by atoms with Crippen molar-refractivity contribution in [1.82, 2.24) is 15.1 Å². The highest BCUT2D eigenvalue weighted by atomic mass is 19.1. The van der Waals surface area contributed by atoms with Gasteiger partial charge >= 0.3 is 0 Å². The predicted molar refractivity (Wildman–Crippen MR) is 113 cm³/mol. The van der Waals surface area contributed by atoms with Crippen molar-refractivity contribution in [3.05, 3.63) is 65.5 Å². The second kappa shape index (κ2) is 10.2. The molecule has 1 heterocycles. The molecule has 7 heteroatoms. The Morgan fingerprint density at radius 2 is 2.03 bits per heavy atom. The molecule has 0 saturated carbocycles. The van der Waals surface area contributed by atoms with Crippen LogP contribution in [0, 0.1) is 5.82 Å². The molecule has 0 aromatic heterocycles. The number of ether oxygens (including phenoxy) is 1. The standard InChI is InChI=1S/C23H28FN3O3/c1-26(12-10-17-6-4-3-5-7-17)22(28)15-21-23(29)25-11-13-27(21)16-18-8-9-19(30-2)14-20(18)24/h3-9,14,21H,10-13,15-16H2,1-2H3,(H,25,29)/t21-/m1/s1. The Balaban J connectivity index is 1.62. The molecule has 2 amide bonds. The van der Waals surface area contributed by atoms with Crippen LogP contribution in [0.3, 0.4) is 0 Å². The SMILES string of the molecule is COc1ccc(CN2CCNC(=O)[C@H]2CC(=O)N(C)CCc2ccccc2)c(F)c1. The Bertz CT molecular complexity index is 875. The number of rotatable bonds is 8. The van der Waals surface area contributed by atoms with Crippen LogP contribution in [0.5, 0.6) is 5.75 Å². The largest absolute Gasteiger partial charge is 0.497 e. The molecule has 0 spiro atoms. The fraction of sp³-hybridized carbons (Fsp3) is 0.391. The van der Waals surface area contributed by atoms with Crippen LogP contribution in [0.1, 0.15) is 17.5 Å². The molecular weight excluding hydrogens is 385 g/mol. The number of methoxy groups -OCH3 is 1. The first-order valence-electron chi connectivity index (χ1n) is 10.1. The summed E-state index contributed by atoms with van der Waals surface area (Å²) < 4.78 is 19.4. The zero-order chi connectivity index (χ0) is 21.5. The number of nitrogens with zero attached hydrogens (tertiary/aromatic N) is 2. The summed E-state index contributed by atoms with van der Waals surface area (Å²) in [5, 5.41) is 2.82. The summed E-state index contributed by atoms with van der Waals surface area (Å²) in [5.41, 5.74) is 1.63. The van der Waals surface area contributed by atoms with E-state index < -0.39 is 6.04 Å². The molecule has 1 atom stereocenters. The number of benzene rings is 2. The normalized spacial score (nSPS) is 16.8. The first-order valence-corrected chi connectivity index (χ1v) is 10.1. The van der Waals surface area contributed by atoms with Crippen molar-refractivity contribution >= 4 is 11.8 Å². The highest BCUT2D eigenvalue weighted by Crippen LogP contribution is 2.20. The van der Waals surface area contributed by atoms with E-state index in [0.717, 1.165) is 12.0 Å². The lowest BCUT2D eigenvalue weighted by molar-refractivity contribution is -0.138. The third-order valence-electron chi connectivity index (χ3n) is 5.45. The van der Waals surface area contributed by atoms with E-state index in [1.807, 2.05) is 35.2 Å². The van der Waals surface area contributed by atoms with Gasteiger partial charge in [0.1, 0.15) is 11.6 Å². The van der Waals surface area contributed by atoms with E-state index in [2.05, 4.69) is 5.32 Å². The predicted octanol–water partition coefficient (Wildman–Crippen LogP) is 2.23. The van der Waals surface area contributed by atoms with Crippen molar-refractivity contribution in [3.63, 3.8) is 0 Å². The van der Waals surface area contributed by atoms with E-state index in [0.29, 0.717) is 30.9 Å². The van der Waals surface area contributed by atoms with E-state index in [1.165, 1.54) is 13.2 Å². The van der Waals surface area contributed by atoms with Crippen molar-refractivity contribution in [1.29, 1.82) is 0 Å². The Morgan fingerprint density at radius 1 is 1.27 bits per heavy atom. The summed E-state index contributed by atoms with van der Waals surface area (Å²) >= 11 is 0. The van der Waals surface area contributed by atoms with Crippen LogP contribution in [-0.2, 0) is 22.6 Å². The van der Waals surface area contributed by atoms with Crippen molar-refractivity contribution < 1.29 is 18.7 Å². The van der Waals surface area contributed by atoms with Gasteiger partial charge in [-0.15, -0.1) is 0 Å². The molecule has 0 radical (unpaired) electrons. The second-order valence-corrected chi connectivity index (χ2v) is 7.49. The first-order chi connectivity index (χ1) is 14.5. The van der Waals surface area contributed by atoms with Crippen molar-refractivity contribution in [2.24, 2.45) is 0 Å². The molecule has 0 unspecified atom stereocenters. The summed E-state index contributed by atoms with van der Waals surface area (Å²) in [4.78, 5) is 28.8. The summed E-state index contributed by atoms with van der Waals surface area (Å²) in [5.74, 6) is -0.238. The van der Waals surface area contributed by atoms with Gasteiger partial charge in [-0.3, -0.25) is 14.5 Å². The number of hydrogen-bond acceptors (Lipinski definition) is 4. The number of carbonyl (C=O) groups excluding carboxylic acids is 2.